The van der Waals surface area contributed by atoms with Gasteiger partial charge in [0.25, 0.3) is 5.91 Å². The summed E-state index contributed by atoms with van der Waals surface area (Å²) in [4.78, 5) is 34.3. The van der Waals surface area contributed by atoms with Gasteiger partial charge in [0.05, 0.1) is 11.8 Å². The van der Waals surface area contributed by atoms with Crippen molar-refractivity contribution in [2.24, 2.45) is 5.10 Å². The Kier molecular flexibility index (Phi) is 6.07. The molecule has 30 heavy (non-hydrogen) atoms. The number of aromatic carboxylic acids is 1. The number of hydrogen-bond acceptors (Lipinski definition) is 5. The van der Waals surface area contributed by atoms with Crippen LogP contribution in [0.3, 0.4) is 0 Å². The molecule has 0 spiro atoms. The van der Waals surface area contributed by atoms with Crippen LogP contribution in [-0.2, 0) is 4.79 Å². The van der Waals surface area contributed by atoms with E-state index in [4.69, 9.17) is 9.52 Å². The van der Waals surface area contributed by atoms with E-state index in [2.05, 4.69) is 15.8 Å². The van der Waals surface area contributed by atoms with E-state index in [1.807, 2.05) is 6.92 Å². The van der Waals surface area contributed by atoms with Crippen molar-refractivity contribution in [1.82, 2.24) is 5.43 Å². The Balaban J connectivity index is 1.66. The number of carbonyl (C=O) groups excluding carboxylic acids is 2. The summed E-state index contributed by atoms with van der Waals surface area (Å²) in [6, 6.07) is 14.5. The molecule has 0 saturated heterocycles. The summed E-state index contributed by atoms with van der Waals surface area (Å²) in [5.41, 5.74) is 5.07. The van der Waals surface area contributed by atoms with Crippen LogP contribution in [0.2, 0.25) is 0 Å². The minimum absolute atomic E-state index is 0.166. The average molecular weight is 405 g/mol. The predicted octanol–water partition coefficient (Wildman–Crippen LogP) is 3.68. The van der Waals surface area contributed by atoms with Crippen LogP contribution in [0.1, 0.15) is 39.0 Å². The van der Waals surface area contributed by atoms with Crippen LogP contribution >= 0.6 is 0 Å². The number of anilines is 1. The number of benzene rings is 2. The summed E-state index contributed by atoms with van der Waals surface area (Å²) in [7, 11) is 0. The summed E-state index contributed by atoms with van der Waals surface area (Å²) in [6.07, 6.45) is 1.35. The molecule has 0 unspecified atom stereocenters. The van der Waals surface area contributed by atoms with E-state index in [-0.39, 0.29) is 11.5 Å². The van der Waals surface area contributed by atoms with E-state index >= 15 is 0 Å². The van der Waals surface area contributed by atoms with Crippen molar-refractivity contribution in [3.8, 4) is 11.3 Å². The molecule has 2 amide bonds. The highest BCUT2D eigenvalue weighted by atomic mass is 16.4. The number of amides is 2. The van der Waals surface area contributed by atoms with Crippen LogP contribution in [0.15, 0.2) is 64.1 Å². The van der Waals surface area contributed by atoms with Gasteiger partial charge < -0.3 is 14.8 Å². The second kappa shape index (κ2) is 8.87. The van der Waals surface area contributed by atoms with Crippen molar-refractivity contribution in [2.45, 2.75) is 13.8 Å². The fourth-order valence-electron chi connectivity index (χ4n) is 2.71. The fraction of sp³-hybridized carbons (Fsp3) is 0.0909. The minimum atomic E-state index is -1.02. The van der Waals surface area contributed by atoms with Crippen LogP contribution in [0, 0.1) is 6.92 Å². The highest BCUT2D eigenvalue weighted by Crippen LogP contribution is 2.26. The number of carbonyl (C=O) groups is 3. The lowest BCUT2D eigenvalue weighted by Crippen LogP contribution is -2.17. The first-order valence-corrected chi connectivity index (χ1v) is 8.98. The maximum Gasteiger partial charge on any atom is 0.335 e. The first-order valence-electron chi connectivity index (χ1n) is 8.98. The number of rotatable bonds is 6. The second-order valence-corrected chi connectivity index (χ2v) is 6.49. The van der Waals surface area contributed by atoms with E-state index in [1.54, 1.807) is 48.5 Å². The molecule has 0 saturated carbocycles. The topological polar surface area (TPSA) is 121 Å². The average Bonchev–Trinajstić information content (AvgIpc) is 3.16. The molecule has 1 aromatic heterocycles. The number of nitrogens with one attached hydrogen (secondary N) is 2. The van der Waals surface area contributed by atoms with E-state index in [0.29, 0.717) is 28.3 Å². The van der Waals surface area contributed by atoms with E-state index < -0.39 is 11.9 Å². The zero-order valence-corrected chi connectivity index (χ0v) is 16.3. The van der Waals surface area contributed by atoms with Crippen molar-refractivity contribution in [3.05, 3.63) is 77.0 Å². The molecular weight excluding hydrogens is 386 g/mol. The Morgan fingerprint density at radius 1 is 1.00 bits per heavy atom. The van der Waals surface area contributed by atoms with Crippen LogP contribution < -0.4 is 10.7 Å². The van der Waals surface area contributed by atoms with Gasteiger partial charge in [0.15, 0.2) is 0 Å². The van der Waals surface area contributed by atoms with Crippen molar-refractivity contribution in [2.75, 3.05) is 5.32 Å². The number of aryl methyl sites for hydroxylation is 1. The SMILES string of the molecule is CC(=O)Nc1ccc(C(=O)NN=Cc2ccc(-c3cc(C(=O)O)ccc3C)o2)cc1. The maximum atomic E-state index is 12.1. The van der Waals surface area contributed by atoms with Crippen LogP contribution in [0.25, 0.3) is 11.3 Å². The van der Waals surface area contributed by atoms with Gasteiger partial charge in [-0.15, -0.1) is 0 Å². The predicted molar refractivity (Wildman–Crippen MR) is 112 cm³/mol. The number of furan rings is 1. The van der Waals surface area contributed by atoms with Gasteiger partial charge in [-0.05, 0) is 61.0 Å². The standard InChI is InChI=1S/C22H19N3O5/c1-13-3-4-16(22(28)29)11-19(13)20-10-9-18(30-20)12-23-25-21(27)15-5-7-17(8-6-15)24-14(2)26/h3-12H,1-2H3,(H,24,26)(H,25,27)(H,28,29). The van der Waals surface area contributed by atoms with Crippen molar-refractivity contribution in [1.29, 1.82) is 0 Å². The molecule has 0 bridgehead atoms. The Morgan fingerprint density at radius 2 is 1.70 bits per heavy atom. The van der Waals surface area contributed by atoms with Gasteiger partial charge in [0, 0.05) is 23.7 Å². The molecular formula is C22H19N3O5. The number of carboxylic acids is 1. The smallest absolute Gasteiger partial charge is 0.335 e. The molecule has 1 heterocycles. The largest absolute Gasteiger partial charge is 0.478 e. The van der Waals surface area contributed by atoms with Crippen molar-refractivity contribution < 1.29 is 23.9 Å². The number of nitrogens with zero attached hydrogens (tertiary/aromatic N) is 1. The zero-order valence-electron chi connectivity index (χ0n) is 16.3. The van der Waals surface area contributed by atoms with Crippen molar-refractivity contribution in [3.63, 3.8) is 0 Å². The highest BCUT2D eigenvalue weighted by Gasteiger charge is 2.11. The molecule has 152 valence electrons. The van der Waals surface area contributed by atoms with Crippen molar-refractivity contribution >= 4 is 29.7 Å². The number of carboxylic acid groups (broad SMARTS) is 1. The summed E-state index contributed by atoms with van der Waals surface area (Å²) < 4.78 is 5.69. The van der Waals surface area contributed by atoms with Crippen LogP contribution in [0.5, 0.6) is 0 Å². The zero-order chi connectivity index (χ0) is 21.7. The third-order valence-electron chi connectivity index (χ3n) is 4.20. The minimum Gasteiger partial charge on any atom is -0.478 e. The first kappa shape index (κ1) is 20.5. The summed E-state index contributed by atoms with van der Waals surface area (Å²) in [5, 5.41) is 15.7. The van der Waals surface area contributed by atoms with Gasteiger partial charge in [-0.1, -0.05) is 6.07 Å². The fourth-order valence-corrected chi connectivity index (χ4v) is 2.71. The molecule has 2 aromatic carbocycles. The van der Waals surface area contributed by atoms with E-state index in [0.717, 1.165) is 5.56 Å². The normalized spacial score (nSPS) is 10.7. The Labute approximate surface area is 172 Å². The quantitative estimate of drug-likeness (QED) is 0.427. The van der Waals surface area contributed by atoms with Gasteiger partial charge in [-0.2, -0.15) is 5.10 Å². The number of hydrazone groups is 1. The molecule has 0 atom stereocenters. The molecule has 0 aliphatic rings. The molecule has 8 heteroatoms. The third kappa shape index (κ3) is 4.99. The Bertz CT molecular complexity index is 1130. The Hall–Kier alpha value is -4.20. The second-order valence-electron chi connectivity index (χ2n) is 6.49. The molecule has 0 fully saturated rings. The van der Waals surface area contributed by atoms with Gasteiger partial charge in [-0.25, -0.2) is 10.2 Å². The lowest BCUT2D eigenvalue weighted by molar-refractivity contribution is -0.114. The van der Waals surface area contributed by atoms with Gasteiger partial charge in [0.2, 0.25) is 5.91 Å². The maximum absolute atomic E-state index is 12.1. The molecule has 8 nitrogen and oxygen atoms in total. The van der Waals surface area contributed by atoms with Gasteiger partial charge in [-0.3, -0.25) is 9.59 Å². The summed E-state index contributed by atoms with van der Waals surface area (Å²) in [6.45, 7) is 3.26. The molecule has 0 aliphatic heterocycles. The molecule has 3 rings (SSSR count). The molecule has 3 aromatic rings. The molecule has 0 radical (unpaired) electrons. The lowest BCUT2D eigenvalue weighted by Gasteiger charge is -2.04. The summed E-state index contributed by atoms with van der Waals surface area (Å²) >= 11 is 0. The highest BCUT2D eigenvalue weighted by molar-refractivity contribution is 5.96. The number of hydrogen-bond donors (Lipinski definition) is 3. The third-order valence-corrected chi connectivity index (χ3v) is 4.20. The van der Waals surface area contributed by atoms with E-state index in [9.17, 15) is 14.4 Å². The van der Waals surface area contributed by atoms with Gasteiger partial charge >= 0.3 is 5.97 Å². The van der Waals surface area contributed by atoms with Gasteiger partial charge in [0.1, 0.15) is 11.5 Å². The summed E-state index contributed by atoms with van der Waals surface area (Å²) in [5.74, 6) is -0.738. The lowest BCUT2D eigenvalue weighted by atomic mass is 10.0. The molecule has 0 aliphatic carbocycles. The first-order chi connectivity index (χ1) is 14.3. The molecule has 3 N–H and O–H groups in total. The van der Waals surface area contributed by atoms with Crippen LogP contribution in [0.4, 0.5) is 5.69 Å². The Morgan fingerprint density at radius 3 is 2.37 bits per heavy atom. The monoisotopic (exact) mass is 405 g/mol. The van der Waals surface area contributed by atoms with E-state index in [1.165, 1.54) is 19.2 Å². The van der Waals surface area contributed by atoms with Crippen LogP contribution in [-0.4, -0.2) is 29.1 Å².